The fraction of sp³-hybridized carbons (Fsp3) is 0.667. The van der Waals surface area contributed by atoms with Gasteiger partial charge in [0, 0.05) is 30.0 Å². The molecule has 0 N–H and O–H groups in total. The van der Waals surface area contributed by atoms with Gasteiger partial charge in [0.15, 0.2) is 5.03 Å². The summed E-state index contributed by atoms with van der Waals surface area (Å²) in [6, 6.07) is -0.479. The van der Waals surface area contributed by atoms with Gasteiger partial charge in [0.2, 0.25) is 5.91 Å². The molecule has 0 aliphatic carbocycles. The summed E-state index contributed by atoms with van der Waals surface area (Å²) in [6.07, 6.45) is 6.96. The van der Waals surface area contributed by atoms with Crippen LogP contribution in [0.4, 0.5) is 0 Å². The zero-order valence-electron chi connectivity index (χ0n) is 11.3. The maximum absolute atomic E-state index is 12.4. The molecule has 1 amide bonds. The number of imidazole rings is 1. The molecule has 0 radical (unpaired) electrons. The molecule has 8 heteroatoms. The van der Waals surface area contributed by atoms with E-state index < -0.39 is 15.1 Å². The third-order valence-corrected chi connectivity index (χ3v) is 4.73. The maximum atomic E-state index is 12.4. The number of amides is 1. The van der Waals surface area contributed by atoms with E-state index in [0.29, 0.717) is 0 Å². The number of aromatic nitrogens is 2. The lowest BCUT2D eigenvalue weighted by atomic mass is 10.2. The number of carbonyl (C=O) groups is 1. The Morgan fingerprint density at radius 1 is 1.30 bits per heavy atom. The summed E-state index contributed by atoms with van der Waals surface area (Å²) in [7, 11) is 1.37. The first-order valence-corrected chi connectivity index (χ1v) is 8.97. The van der Waals surface area contributed by atoms with Gasteiger partial charge in [-0.15, -0.1) is 0 Å². The maximum Gasteiger partial charge on any atom is 0.280 e. The summed E-state index contributed by atoms with van der Waals surface area (Å²) >= 11 is 0. The molecule has 0 bridgehead atoms. The molecular weight excluding hydrogens is 302 g/mol. The molecule has 0 spiro atoms. The highest BCUT2D eigenvalue weighted by atomic mass is 35.7. The summed E-state index contributed by atoms with van der Waals surface area (Å²) in [5.41, 5.74) is 0. The Morgan fingerprint density at radius 2 is 1.90 bits per heavy atom. The summed E-state index contributed by atoms with van der Waals surface area (Å²) in [5.74, 6) is -0.0113. The monoisotopic (exact) mass is 319 g/mol. The lowest BCUT2D eigenvalue weighted by Gasteiger charge is -2.24. The van der Waals surface area contributed by atoms with Crippen LogP contribution < -0.4 is 0 Å². The highest BCUT2D eigenvalue weighted by molar-refractivity contribution is 8.13. The molecule has 6 nitrogen and oxygen atoms in total. The molecule has 1 aliphatic heterocycles. The number of hydrogen-bond acceptors (Lipinski definition) is 4. The van der Waals surface area contributed by atoms with E-state index in [2.05, 4.69) is 4.98 Å². The largest absolute Gasteiger partial charge is 0.341 e. The van der Waals surface area contributed by atoms with Gasteiger partial charge in [0.05, 0.1) is 6.33 Å². The van der Waals surface area contributed by atoms with Gasteiger partial charge in [0.25, 0.3) is 9.05 Å². The lowest BCUT2D eigenvalue weighted by molar-refractivity contribution is -0.134. The van der Waals surface area contributed by atoms with Crippen molar-refractivity contribution in [1.29, 1.82) is 0 Å². The van der Waals surface area contributed by atoms with Crippen molar-refractivity contribution in [1.82, 2.24) is 14.5 Å². The highest BCUT2D eigenvalue weighted by Crippen LogP contribution is 2.18. The molecule has 1 aliphatic rings. The van der Waals surface area contributed by atoms with E-state index in [4.69, 9.17) is 10.7 Å². The Hall–Kier alpha value is -1.08. The molecule has 2 heterocycles. The van der Waals surface area contributed by atoms with Crippen molar-refractivity contribution >= 4 is 25.6 Å². The zero-order valence-corrected chi connectivity index (χ0v) is 12.9. The van der Waals surface area contributed by atoms with Crippen LogP contribution in [-0.4, -0.2) is 41.9 Å². The third kappa shape index (κ3) is 3.52. The van der Waals surface area contributed by atoms with Gasteiger partial charge in [-0.3, -0.25) is 4.79 Å². The SMILES string of the molecule is CC(C(=O)N1CCCCCC1)n1cnc(S(=O)(=O)Cl)c1. The number of likely N-dealkylation sites (tertiary alicyclic amines) is 1. The van der Waals surface area contributed by atoms with Crippen LogP contribution in [0.2, 0.25) is 0 Å². The second-order valence-electron chi connectivity index (χ2n) is 5.01. The van der Waals surface area contributed by atoms with Crippen molar-refractivity contribution in [3.63, 3.8) is 0 Å². The zero-order chi connectivity index (χ0) is 14.8. The molecule has 0 aromatic carbocycles. The van der Waals surface area contributed by atoms with E-state index in [1.807, 2.05) is 4.90 Å². The first-order chi connectivity index (χ1) is 9.39. The molecule has 20 heavy (non-hydrogen) atoms. The average molecular weight is 320 g/mol. The third-order valence-electron chi connectivity index (χ3n) is 3.55. The van der Waals surface area contributed by atoms with Crippen LogP contribution in [-0.2, 0) is 13.8 Å². The Labute approximate surface area is 123 Å². The van der Waals surface area contributed by atoms with E-state index in [-0.39, 0.29) is 10.9 Å². The van der Waals surface area contributed by atoms with Gasteiger partial charge < -0.3 is 9.47 Å². The molecule has 1 unspecified atom stereocenters. The van der Waals surface area contributed by atoms with Crippen LogP contribution in [0.1, 0.15) is 38.6 Å². The highest BCUT2D eigenvalue weighted by Gasteiger charge is 2.24. The molecule has 1 fully saturated rings. The molecule has 1 aromatic rings. The van der Waals surface area contributed by atoms with Crippen molar-refractivity contribution in [2.24, 2.45) is 0 Å². The molecular formula is C12H18ClN3O3S. The van der Waals surface area contributed by atoms with Crippen LogP contribution >= 0.6 is 10.7 Å². The smallest absolute Gasteiger partial charge is 0.280 e. The fourth-order valence-corrected chi connectivity index (χ4v) is 3.00. The fourth-order valence-electron chi connectivity index (χ4n) is 2.34. The number of nitrogens with zero attached hydrogens (tertiary/aromatic N) is 3. The molecule has 112 valence electrons. The van der Waals surface area contributed by atoms with Gasteiger partial charge in [0.1, 0.15) is 6.04 Å². The quantitative estimate of drug-likeness (QED) is 0.796. The first kappa shape index (κ1) is 15.3. The number of carbonyl (C=O) groups excluding carboxylic acids is 1. The van der Waals surface area contributed by atoms with Crippen LogP contribution in [0.25, 0.3) is 0 Å². The van der Waals surface area contributed by atoms with E-state index in [1.165, 1.54) is 17.1 Å². The van der Waals surface area contributed by atoms with Gasteiger partial charge in [-0.1, -0.05) is 12.8 Å². The van der Waals surface area contributed by atoms with E-state index >= 15 is 0 Å². The first-order valence-electron chi connectivity index (χ1n) is 6.66. The van der Waals surface area contributed by atoms with Crippen LogP contribution in [0.3, 0.4) is 0 Å². The minimum absolute atomic E-state index is 0.0113. The minimum atomic E-state index is -3.86. The molecule has 2 rings (SSSR count). The standard InChI is InChI=1S/C12H18ClN3O3S/c1-10(12(17)15-6-4-2-3-5-7-15)16-8-11(14-9-16)20(13,18)19/h8-10H,2-7H2,1H3. The van der Waals surface area contributed by atoms with Crippen molar-refractivity contribution in [3.8, 4) is 0 Å². The number of hydrogen-bond donors (Lipinski definition) is 0. The van der Waals surface area contributed by atoms with Gasteiger partial charge in [-0.25, -0.2) is 13.4 Å². The van der Waals surface area contributed by atoms with Crippen LogP contribution in [0.5, 0.6) is 0 Å². The van der Waals surface area contributed by atoms with E-state index in [0.717, 1.165) is 38.8 Å². The van der Waals surface area contributed by atoms with Gasteiger partial charge in [-0.2, -0.15) is 0 Å². The Balaban J connectivity index is 2.11. The van der Waals surface area contributed by atoms with Gasteiger partial charge >= 0.3 is 0 Å². The summed E-state index contributed by atoms with van der Waals surface area (Å²) in [6.45, 7) is 3.26. The Kier molecular flexibility index (Phi) is 4.70. The minimum Gasteiger partial charge on any atom is -0.341 e. The predicted octanol–water partition coefficient (Wildman–Crippen LogP) is 1.77. The lowest BCUT2D eigenvalue weighted by Crippen LogP contribution is -2.36. The van der Waals surface area contributed by atoms with E-state index in [9.17, 15) is 13.2 Å². The molecule has 1 atom stereocenters. The number of rotatable bonds is 3. The summed E-state index contributed by atoms with van der Waals surface area (Å²) < 4.78 is 23.8. The second-order valence-corrected chi connectivity index (χ2v) is 7.53. The summed E-state index contributed by atoms with van der Waals surface area (Å²) in [5, 5.41) is -0.227. The van der Waals surface area contributed by atoms with Crippen molar-refractivity contribution < 1.29 is 13.2 Å². The van der Waals surface area contributed by atoms with Gasteiger partial charge in [-0.05, 0) is 19.8 Å². The second kappa shape index (κ2) is 6.13. The predicted molar refractivity (Wildman–Crippen MR) is 75.0 cm³/mol. The Morgan fingerprint density at radius 3 is 2.40 bits per heavy atom. The number of halogens is 1. The molecule has 0 saturated carbocycles. The van der Waals surface area contributed by atoms with E-state index in [1.54, 1.807) is 6.92 Å². The topological polar surface area (TPSA) is 72.3 Å². The van der Waals surface area contributed by atoms with Crippen LogP contribution in [0, 0.1) is 0 Å². The summed E-state index contributed by atoms with van der Waals surface area (Å²) in [4.78, 5) is 18.0. The van der Waals surface area contributed by atoms with Crippen molar-refractivity contribution in [3.05, 3.63) is 12.5 Å². The van der Waals surface area contributed by atoms with Crippen molar-refractivity contribution in [2.45, 2.75) is 43.7 Å². The molecule has 1 aromatic heterocycles. The van der Waals surface area contributed by atoms with Crippen molar-refractivity contribution in [2.75, 3.05) is 13.1 Å². The normalized spacial score (nSPS) is 18.6. The Bertz CT molecular complexity index is 577. The average Bonchev–Trinajstić information content (AvgIpc) is 2.74. The van der Waals surface area contributed by atoms with Crippen LogP contribution in [0.15, 0.2) is 17.6 Å². The molecule has 1 saturated heterocycles.